The standard InChI is InChI=1S/C28H24N6O2/c1-4-22(35)33-20-12-8-19(9-13-20)26-24(25-27(29)30-16-31-28(25)34(26)3)18-10-14-21(15-11-18)36-23-7-5-6-17(2)32-23/h4-16H,1H2,2-3H3,(H,33,35)(H2,29,30,31). The second-order valence-electron chi connectivity index (χ2n) is 8.25. The van der Waals surface area contributed by atoms with E-state index in [0.29, 0.717) is 23.1 Å². The molecule has 0 atom stereocenters. The lowest BCUT2D eigenvalue weighted by molar-refractivity contribution is -0.111. The molecule has 8 heteroatoms. The molecule has 5 aromatic rings. The highest BCUT2D eigenvalue weighted by Crippen LogP contribution is 2.42. The molecule has 0 radical (unpaired) electrons. The number of pyridine rings is 1. The molecule has 1 amide bonds. The third-order valence-corrected chi connectivity index (χ3v) is 5.84. The van der Waals surface area contributed by atoms with Crippen LogP contribution in [0.25, 0.3) is 33.4 Å². The molecule has 3 N–H and O–H groups in total. The van der Waals surface area contributed by atoms with Crippen molar-refractivity contribution in [3.05, 3.63) is 91.4 Å². The molecule has 0 saturated heterocycles. The molecule has 0 fully saturated rings. The van der Waals surface area contributed by atoms with Crippen LogP contribution in [0.3, 0.4) is 0 Å². The summed E-state index contributed by atoms with van der Waals surface area (Å²) in [5, 5.41) is 3.54. The number of ether oxygens (including phenoxy) is 1. The molecule has 0 bridgehead atoms. The van der Waals surface area contributed by atoms with Gasteiger partial charge in [-0.15, -0.1) is 0 Å². The summed E-state index contributed by atoms with van der Waals surface area (Å²) in [6.07, 6.45) is 2.70. The molecule has 0 unspecified atom stereocenters. The number of carbonyl (C=O) groups excluding carboxylic acids is 1. The van der Waals surface area contributed by atoms with Crippen molar-refractivity contribution in [1.29, 1.82) is 0 Å². The topological polar surface area (TPSA) is 108 Å². The number of nitrogen functional groups attached to an aromatic ring is 1. The Kier molecular flexibility index (Phi) is 5.92. The first kappa shape index (κ1) is 22.8. The fraction of sp³-hybridized carbons (Fsp3) is 0.0714. The molecule has 3 aromatic heterocycles. The maximum Gasteiger partial charge on any atom is 0.247 e. The van der Waals surface area contributed by atoms with E-state index in [0.717, 1.165) is 39.1 Å². The van der Waals surface area contributed by atoms with E-state index in [9.17, 15) is 4.79 Å². The molecule has 178 valence electrons. The Labute approximate surface area is 208 Å². The van der Waals surface area contributed by atoms with E-state index >= 15 is 0 Å². The predicted octanol–water partition coefficient (Wildman–Crippen LogP) is 5.50. The number of hydrogen-bond donors (Lipinski definition) is 2. The molecule has 0 aliphatic rings. The molecule has 5 rings (SSSR count). The van der Waals surface area contributed by atoms with Crippen LogP contribution in [0.1, 0.15) is 5.69 Å². The van der Waals surface area contributed by atoms with Crippen LogP contribution in [0.5, 0.6) is 11.6 Å². The predicted molar refractivity (Wildman–Crippen MR) is 142 cm³/mol. The highest BCUT2D eigenvalue weighted by molar-refractivity contribution is 6.08. The van der Waals surface area contributed by atoms with E-state index in [1.54, 1.807) is 0 Å². The minimum atomic E-state index is -0.265. The maximum absolute atomic E-state index is 11.7. The van der Waals surface area contributed by atoms with Gasteiger partial charge in [-0.2, -0.15) is 0 Å². The summed E-state index contributed by atoms with van der Waals surface area (Å²) in [7, 11) is 1.95. The summed E-state index contributed by atoms with van der Waals surface area (Å²) < 4.78 is 7.93. The average Bonchev–Trinajstić information content (AvgIpc) is 3.18. The molecule has 0 aliphatic carbocycles. The number of fused-ring (bicyclic) bond motifs is 1. The van der Waals surface area contributed by atoms with Crippen molar-refractivity contribution in [1.82, 2.24) is 19.5 Å². The number of anilines is 2. The molecule has 0 aliphatic heterocycles. The van der Waals surface area contributed by atoms with Crippen molar-refractivity contribution in [2.45, 2.75) is 6.92 Å². The van der Waals surface area contributed by atoms with Crippen LogP contribution in [0.15, 0.2) is 85.7 Å². The van der Waals surface area contributed by atoms with E-state index in [4.69, 9.17) is 10.5 Å². The summed E-state index contributed by atoms with van der Waals surface area (Å²) in [6, 6.07) is 21.0. The number of rotatable bonds is 6. The summed E-state index contributed by atoms with van der Waals surface area (Å²) in [4.78, 5) is 24.8. The summed E-state index contributed by atoms with van der Waals surface area (Å²) >= 11 is 0. The van der Waals surface area contributed by atoms with Gasteiger partial charge in [0.25, 0.3) is 0 Å². The number of aryl methyl sites for hydroxylation is 2. The average molecular weight is 477 g/mol. The lowest BCUT2D eigenvalue weighted by atomic mass is 9.98. The zero-order chi connectivity index (χ0) is 25.2. The van der Waals surface area contributed by atoms with Crippen LogP contribution in [0.4, 0.5) is 11.5 Å². The fourth-order valence-corrected chi connectivity index (χ4v) is 4.18. The first-order valence-corrected chi connectivity index (χ1v) is 11.3. The van der Waals surface area contributed by atoms with Gasteiger partial charge < -0.3 is 20.4 Å². The Hall–Kier alpha value is -4.98. The molecule has 0 spiro atoms. The van der Waals surface area contributed by atoms with Crippen molar-refractivity contribution in [3.8, 4) is 34.0 Å². The third-order valence-electron chi connectivity index (χ3n) is 5.84. The number of amides is 1. The van der Waals surface area contributed by atoms with Gasteiger partial charge in [-0.05, 0) is 54.5 Å². The molecular formula is C28H24N6O2. The van der Waals surface area contributed by atoms with Gasteiger partial charge in [-0.1, -0.05) is 36.9 Å². The Morgan fingerprint density at radius 3 is 2.44 bits per heavy atom. The molecule has 0 saturated carbocycles. The van der Waals surface area contributed by atoms with Crippen molar-refractivity contribution < 1.29 is 9.53 Å². The zero-order valence-corrected chi connectivity index (χ0v) is 19.9. The minimum Gasteiger partial charge on any atom is -0.439 e. The molecule has 2 aromatic carbocycles. The quantitative estimate of drug-likeness (QED) is 0.313. The van der Waals surface area contributed by atoms with Gasteiger partial charge >= 0.3 is 0 Å². The molecule has 8 nitrogen and oxygen atoms in total. The van der Waals surface area contributed by atoms with Gasteiger partial charge in [-0.25, -0.2) is 15.0 Å². The highest BCUT2D eigenvalue weighted by Gasteiger charge is 2.22. The van der Waals surface area contributed by atoms with E-state index in [-0.39, 0.29) is 5.91 Å². The number of benzene rings is 2. The Balaban J connectivity index is 1.59. The van der Waals surface area contributed by atoms with Crippen LogP contribution in [0, 0.1) is 6.92 Å². The Bertz CT molecular complexity index is 1590. The van der Waals surface area contributed by atoms with Crippen molar-refractivity contribution in [2.24, 2.45) is 7.05 Å². The number of carbonyl (C=O) groups is 1. The Morgan fingerprint density at radius 1 is 1.03 bits per heavy atom. The van der Waals surface area contributed by atoms with Crippen LogP contribution in [-0.2, 0) is 11.8 Å². The van der Waals surface area contributed by atoms with Gasteiger partial charge in [0.15, 0.2) is 0 Å². The van der Waals surface area contributed by atoms with Gasteiger partial charge in [0, 0.05) is 30.1 Å². The zero-order valence-electron chi connectivity index (χ0n) is 19.9. The van der Waals surface area contributed by atoms with Crippen LogP contribution in [-0.4, -0.2) is 25.4 Å². The van der Waals surface area contributed by atoms with Gasteiger partial charge in [0.1, 0.15) is 23.5 Å². The molecular weight excluding hydrogens is 452 g/mol. The first-order valence-electron chi connectivity index (χ1n) is 11.3. The molecule has 3 heterocycles. The van der Waals surface area contributed by atoms with Gasteiger partial charge in [0.2, 0.25) is 11.8 Å². The largest absolute Gasteiger partial charge is 0.439 e. The number of nitrogens with one attached hydrogen (secondary N) is 1. The maximum atomic E-state index is 11.7. The second kappa shape index (κ2) is 9.34. The van der Waals surface area contributed by atoms with Crippen molar-refractivity contribution >= 4 is 28.4 Å². The smallest absolute Gasteiger partial charge is 0.247 e. The molecule has 36 heavy (non-hydrogen) atoms. The number of nitrogens with zero attached hydrogens (tertiary/aromatic N) is 4. The van der Waals surface area contributed by atoms with E-state index in [2.05, 4.69) is 26.8 Å². The SMILES string of the molecule is C=CC(=O)Nc1ccc(-c2c(-c3ccc(Oc4cccc(C)n4)cc3)c3c(N)ncnc3n2C)cc1. The lowest BCUT2D eigenvalue weighted by Gasteiger charge is -2.11. The van der Waals surface area contributed by atoms with Gasteiger partial charge in [-0.3, -0.25) is 4.79 Å². The van der Waals surface area contributed by atoms with Crippen molar-refractivity contribution in [3.63, 3.8) is 0 Å². The normalized spacial score (nSPS) is 10.8. The van der Waals surface area contributed by atoms with E-state index in [1.165, 1.54) is 12.4 Å². The Morgan fingerprint density at radius 2 is 1.75 bits per heavy atom. The van der Waals surface area contributed by atoms with Gasteiger partial charge in [0.05, 0.1) is 11.1 Å². The number of nitrogens with two attached hydrogens (primary N) is 1. The van der Waals surface area contributed by atoms with E-state index in [1.807, 2.05) is 85.3 Å². The number of hydrogen-bond acceptors (Lipinski definition) is 6. The van der Waals surface area contributed by atoms with Crippen molar-refractivity contribution in [2.75, 3.05) is 11.1 Å². The highest BCUT2D eigenvalue weighted by atomic mass is 16.5. The number of aromatic nitrogens is 4. The summed E-state index contributed by atoms with van der Waals surface area (Å²) in [6.45, 7) is 5.41. The van der Waals surface area contributed by atoms with E-state index < -0.39 is 0 Å². The monoisotopic (exact) mass is 476 g/mol. The van der Waals surface area contributed by atoms with Crippen LogP contribution >= 0.6 is 0 Å². The first-order chi connectivity index (χ1) is 17.4. The lowest BCUT2D eigenvalue weighted by Crippen LogP contribution is -2.06. The fourth-order valence-electron chi connectivity index (χ4n) is 4.18. The third kappa shape index (κ3) is 4.27. The van der Waals surface area contributed by atoms with Crippen LogP contribution < -0.4 is 15.8 Å². The second-order valence-corrected chi connectivity index (χ2v) is 8.25. The van der Waals surface area contributed by atoms with Crippen LogP contribution in [0.2, 0.25) is 0 Å². The minimum absolute atomic E-state index is 0.265. The summed E-state index contributed by atoms with van der Waals surface area (Å²) in [5.41, 5.74) is 12.3. The summed E-state index contributed by atoms with van der Waals surface area (Å²) in [5.74, 6) is 1.34.